The number of nitrogens with zero attached hydrogens (tertiary/aromatic N) is 4. The molecule has 2 aromatic heterocycles. The van der Waals surface area contributed by atoms with Crippen LogP contribution in [0.1, 0.15) is 19.8 Å². The Bertz CT molecular complexity index is 891. The average molecular weight is 409 g/mol. The maximum absolute atomic E-state index is 12.4. The van der Waals surface area contributed by atoms with Crippen molar-refractivity contribution < 1.29 is 13.2 Å². The first-order valence-electron chi connectivity index (χ1n) is 9.09. The summed E-state index contributed by atoms with van der Waals surface area (Å²) in [6, 6.07) is 5.73. The third-order valence-electron chi connectivity index (χ3n) is 4.49. The Labute approximate surface area is 164 Å². The number of piperazine rings is 1. The van der Waals surface area contributed by atoms with Gasteiger partial charge in [-0.1, -0.05) is 6.92 Å². The Morgan fingerprint density at radius 1 is 1.15 bits per heavy atom. The van der Waals surface area contributed by atoms with Gasteiger partial charge in [-0.15, -0.1) is 11.8 Å². The molecule has 0 unspecified atom stereocenters. The van der Waals surface area contributed by atoms with Gasteiger partial charge in [0.25, 0.3) is 0 Å². The molecule has 0 bridgehead atoms. The molecule has 3 heterocycles. The van der Waals surface area contributed by atoms with Gasteiger partial charge in [0, 0.05) is 56.1 Å². The fraction of sp³-hybridized carbons (Fsp3) is 0.500. The van der Waals surface area contributed by atoms with Crippen molar-refractivity contribution in [2.24, 2.45) is 0 Å². The minimum Gasteiger partial charge on any atom is -0.340 e. The SMILES string of the molecule is CCCS(=O)(=O)N1CCN(C(=O)CCSc2nccc3ncccc23)CC1. The molecule has 1 fully saturated rings. The Balaban J connectivity index is 1.49. The van der Waals surface area contributed by atoms with E-state index in [9.17, 15) is 13.2 Å². The van der Waals surface area contributed by atoms with Crippen LogP contribution in [0.4, 0.5) is 0 Å². The number of amides is 1. The summed E-state index contributed by atoms with van der Waals surface area (Å²) in [4.78, 5) is 22.9. The quantitative estimate of drug-likeness (QED) is 0.652. The molecule has 1 saturated heterocycles. The number of rotatable bonds is 7. The third kappa shape index (κ3) is 4.97. The zero-order chi connectivity index (χ0) is 19.3. The predicted molar refractivity (Wildman–Crippen MR) is 107 cm³/mol. The van der Waals surface area contributed by atoms with Gasteiger partial charge in [-0.2, -0.15) is 4.31 Å². The van der Waals surface area contributed by atoms with Gasteiger partial charge in [0.1, 0.15) is 5.03 Å². The molecule has 0 saturated carbocycles. The van der Waals surface area contributed by atoms with Crippen molar-refractivity contribution >= 4 is 38.6 Å². The second-order valence-corrected chi connectivity index (χ2v) is 9.55. The van der Waals surface area contributed by atoms with Crippen molar-refractivity contribution in [2.45, 2.75) is 24.8 Å². The molecule has 0 aliphatic carbocycles. The average Bonchev–Trinajstić information content (AvgIpc) is 2.68. The summed E-state index contributed by atoms with van der Waals surface area (Å²) in [5, 5.41) is 1.87. The van der Waals surface area contributed by atoms with Crippen LogP contribution in [0.5, 0.6) is 0 Å². The molecular weight excluding hydrogens is 384 g/mol. The molecule has 0 aromatic carbocycles. The van der Waals surface area contributed by atoms with Crippen LogP contribution >= 0.6 is 11.8 Å². The van der Waals surface area contributed by atoms with Crippen molar-refractivity contribution in [1.82, 2.24) is 19.2 Å². The molecule has 1 amide bonds. The molecule has 146 valence electrons. The van der Waals surface area contributed by atoms with Gasteiger partial charge in [0.2, 0.25) is 15.9 Å². The maximum Gasteiger partial charge on any atom is 0.223 e. The van der Waals surface area contributed by atoms with Crippen LogP contribution in [0.15, 0.2) is 35.6 Å². The summed E-state index contributed by atoms with van der Waals surface area (Å²) in [7, 11) is -3.18. The highest BCUT2D eigenvalue weighted by Crippen LogP contribution is 2.25. The summed E-state index contributed by atoms with van der Waals surface area (Å²) in [5.41, 5.74) is 0.894. The first-order valence-corrected chi connectivity index (χ1v) is 11.7. The van der Waals surface area contributed by atoms with E-state index < -0.39 is 10.0 Å². The number of thioether (sulfide) groups is 1. The van der Waals surface area contributed by atoms with E-state index in [1.54, 1.807) is 29.1 Å². The highest BCUT2D eigenvalue weighted by atomic mass is 32.2. The summed E-state index contributed by atoms with van der Waals surface area (Å²) < 4.78 is 25.7. The van der Waals surface area contributed by atoms with Crippen LogP contribution < -0.4 is 0 Å². The fourth-order valence-electron chi connectivity index (χ4n) is 3.09. The molecule has 27 heavy (non-hydrogen) atoms. The summed E-state index contributed by atoms with van der Waals surface area (Å²) in [6.07, 6.45) is 4.50. The number of carbonyl (C=O) groups is 1. The van der Waals surface area contributed by atoms with Gasteiger partial charge in [-0.3, -0.25) is 9.78 Å². The number of pyridine rings is 2. The van der Waals surface area contributed by atoms with E-state index in [4.69, 9.17) is 0 Å². The lowest BCUT2D eigenvalue weighted by Gasteiger charge is -2.34. The monoisotopic (exact) mass is 408 g/mol. The lowest BCUT2D eigenvalue weighted by Crippen LogP contribution is -2.51. The molecule has 1 aliphatic rings. The second kappa shape index (κ2) is 8.99. The smallest absolute Gasteiger partial charge is 0.223 e. The molecule has 2 aromatic rings. The summed E-state index contributed by atoms with van der Waals surface area (Å²) in [6.45, 7) is 3.55. The molecule has 0 spiro atoms. The van der Waals surface area contributed by atoms with Crippen LogP contribution in [0.2, 0.25) is 0 Å². The van der Waals surface area contributed by atoms with Crippen LogP contribution in [0.25, 0.3) is 10.9 Å². The van der Waals surface area contributed by atoms with Crippen molar-refractivity contribution in [3.05, 3.63) is 30.6 Å². The third-order valence-corrected chi connectivity index (χ3v) is 7.58. The zero-order valence-corrected chi connectivity index (χ0v) is 17.0. The fourth-order valence-corrected chi connectivity index (χ4v) is 5.51. The van der Waals surface area contributed by atoms with Gasteiger partial charge in [0.05, 0.1) is 11.3 Å². The Morgan fingerprint density at radius 2 is 1.93 bits per heavy atom. The Morgan fingerprint density at radius 3 is 2.67 bits per heavy atom. The number of sulfonamides is 1. The van der Waals surface area contributed by atoms with E-state index in [1.165, 1.54) is 4.31 Å². The van der Waals surface area contributed by atoms with E-state index in [-0.39, 0.29) is 11.7 Å². The molecule has 0 radical (unpaired) electrons. The molecule has 0 N–H and O–H groups in total. The normalized spacial score (nSPS) is 16.0. The first-order chi connectivity index (χ1) is 13.0. The van der Waals surface area contributed by atoms with E-state index in [1.807, 2.05) is 25.1 Å². The van der Waals surface area contributed by atoms with E-state index >= 15 is 0 Å². The van der Waals surface area contributed by atoms with Gasteiger partial charge in [-0.25, -0.2) is 13.4 Å². The number of carbonyl (C=O) groups excluding carboxylic acids is 1. The topological polar surface area (TPSA) is 83.5 Å². The minimum atomic E-state index is -3.18. The number of hydrogen-bond acceptors (Lipinski definition) is 6. The van der Waals surface area contributed by atoms with Gasteiger partial charge in [0.15, 0.2) is 0 Å². The summed E-state index contributed by atoms with van der Waals surface area (Å²) >= 11 is 1.55. The first kappa shape index (κ1) is 20.0. The largest absolute Gasteiger partial charge is 0.340 e. The van der Waals surface area contributed by atoms with Gasteiger partial charge < -0.3 is 4.90 Å². The van der Waals surface area contributed by atoms with Crippen LogP contribution in [-0.2, 0) is 14.8 Å². The van der Waals surface area contributed by atoms with Crippen LogP contribution in [-0.4, -0.2) is 71.2 Å². The van der Waals surface area contributed by atoms with Gasteiger partial charge in [-0.05, 0) is 24.6 Å². The standard InChI is InChI=1S/C18H24N4O3S2/c1-2-14-27(24,25)22-11-9-21(10-12-22)17(23)6-13-26-18-15-4-3-7-19-16(15)5-8-20-18/h3-5,7-8H,2,6,9-14H2,1H3. The molecule has 3 rings (SSSR count). The zero-order valence-electron chi connectivity index (χ0n) is 15.4. The number of fused-ring (bicyclic) bond motifs is 1. The lowest BCUT2D eigenvalue weighted by molar-refractivity contribution is -0.131. The van der Waals surface area contributed by atoms with Crippen molar-refractivity contribution in [2.75, 3.05) is 37.7 Å². The lowest BCUT2D eigenvalue weighted by atomic mass is 10.3. The van der Waals surface area contributed by atoms with Crippen LogP contribution in [0.3, 0.4) is 0 Å². The van der Waals surface area contributed by atoms with E-state index in [0.29, 0.717) is 44.8 Å². The highest BCUT2D eigenvalue weighted by Gasteiger charge is 2.27. The highest BCUT2D eigenvalue weighted by molar-refractivity contribution is 7.99. The van der Waals surface area contributed by atoms with Crippen molar-refractivity contribution in [1.29, 1.82) is 0 Å². The molecule has 9 heteroatoms. The molecule has 0 atom stereocenters. The van der Waals surface area contributed by atoms with E-state index in [2.05, 4.69) is 9.97 Å². The van der Waals surface area contributed by atoms with E-state index in [0.717, 1.165) is 15.9 Å². The summed E-state index contributed by atoms with van der Waals surface area (Å²) in [5.74, 6) is 0.868. The predicted octanol–water partition coefficient (Wildman–Crippen LogP) is 2.00. The molecule has 7 nitrogen and oxygen atoms in total. The van der Waals surface area contributed by atoms with Crippen molar-refractivity contribution in [3.63, 3.8) is 0 Å². The van der Waals surface area contributed by atoms with Crippen molar-refractivity contribution in [3.8, 4) is 0 Å². The molecule has 1 aliphatic heterocycles. The Hall–Kier alpha value is -1.71. The Kier molecular flexibility index (Phi) is 6.67. The molecular formula is C18H24N4O3S2. The second-order valence-electron chi connectivity index (χ2n) is 6.38. The maximum atomic E-state index is 12.4. The number of hydrogen-bond donors (Lipinski definition) is 0. The number of aromatic nitrogens is 2. The van der Waals surface area contributed by atoms with Gasteiger partial charge >= 0.3 is 0 Å². The minimum absolute atomic E-state index is 0.0633. The van der Waals surface area contributed by atoms with Crippen LogP contribution in [0, 0.1) is 0 Å².